The second-order valence-corrected chi connectivity index (χ2v) is 10.1. The van der Waals surface area contributed by atoms with Crippen LogP contribution in [-0.2, 0) is 21.8 Å². The number of thioether (sulfide) groups is 1. The van der Waals surface area contributed by atoms with Crippen molar-refractivity contribution in [3.05, 3.63) is 70.7 Å². The summed E-state index contributed by atoms with van der Waals surface area (Å²) in [6, 6.07) is 17.7. The molecule has 1 saturated carbocycles. The Morgan fingerprint density at radius 2 is 1.76 bits per heavy atom. The topological polar surface area (TPSA) is 49.4 Å². The SMILES string of the molecule is CC[C@@H](C(=O)NC1CCCCC1)N(CCc1ccccc1)C(=O)CSCc1ccccc1Cl. The van der Waals surface area contributed by atoms with Gasteiger partial charge in [0.1, 0.15) is 6.04 Å². The van der Waals surface area contributed by atoms with Crippen LogP contribution in [0.3, 0.4) is 0 Å². The molecule has 0 bridgehead atoms. The predicted octanol–water partition coefficient (Wildman–Crippen LogP) is 5.87. The van der Waals surface area contributed by atoms with Gasteiger partial charge in [-0.05, 0) is 42.9 Å². The van der Waals surface area contributed by atoms with Gasteiger partial charge >= 0.3 is 0 Å². The molecule has 3 rings (SSSR count). The van der Waals surface area contributed by atoms with Gasteiger partial charge in [-0.2, -0.15) is 0 Å². The smallest absolute Gasteiger partial charge is 0.243 e. The zero-order chi connectivity index (χ0) is 23.5. The fourth-order valence-electron chi connectivity index (χ4n) is 4.39. The van der Waals surface area contributed by atoms with Crippen molar-refractivity contribution in [2.45, 2.75) is 69.7 Å². The van der Waals surface area contributed by atoms with Gasteiger partial charge in [0.2, 0.25) is 11.8 Å². The minimum absolute atomic E-state index is 0.00799. The summed E-state index contributed by atoms with van der Waals surface area (Å²) in [5.74, 6) is 0.992. The molecule has 0 saturated heterocycles. The lowest BCUT2D eigenvalue weighted by molar-refractivity contribution is -0.139. The Balaban J connectivity index is 1.65. The van der Waals surface area contributed by atoms with E-state index in [2.05, 4.69) is 17.4 Å². The molecule has 33 heavy (non-hydrogen) atoms. The molecule has 0 radical (unpaired) electrons. The number of hydrogen-bond donors (Lipinski definition) is 1. The van der Waals surface area contributed by atoms with Gasteiger partial charge in [-0.25, -0.2) is 0 Å². The van der Waals surface area contributed by atoms with E-state index in [1.54, 1.807) is 16.7 Å². The fraction of sp³-hybridized carbons (Fsp3) is 0.481. The normalized spacial score (nSPS) is 15.1. The molecule has 1 aliphatic rings. The van der Waals surface area contributed by atoms with Crippen LogP contribution in [0, 0.1) is 0 Å². The van der Waals surface area contributed by atoms with Crippen LogP contribution < -0.4 is 5.32 Å². The molecule has 1 atom stereocenters. The molecule has 6 heteroatoms. The first-order valence-corrected chi connectivity index (χ1v) is 13.6. The first kappa shape index (κ1) is 25.6. The number of benzene rings is 2. The lowest BCUT2D eigenvalue weighted by Gasteiger charge is -2.32. The molecule has 0 aromatic heterocycles. The summed E-state index contributed by atoms with van der Waals surface area (Å²) in [4.78, 5) is 28.3. The first-order chi connectivity index (χ1) is 16.1. The van der Waals surface area contributed by atoms with E-state index in [0.717, 1.165) is 42.7 Å². The zero-order valence-corrected chi connectivity index (χ0v) is 21.0. The summed E-state index contributed by atoms with van der Waals surface area (Å²) in [5.41, 5.74) is 2.19. The van der Waals surface area contributed by atoms with Crippen molar-refractivity contribution in [1.82, 2.24) is 10.2 Å². The highest BCUT2D eigenvalue weighted by Crippen LogP contribution is 2.22. The van der Waals surface area contributed by atoms with Gasteiger partial charge in [0, 0.05) is 23.4 Å². The molecule has 2 aromatic rings. The van der Waals surface area contributed by atoms with Gasteiger partial charge in [0.15, 0.2) is 0 Å². The van der Waals surface area contributed by atoms with Crippen molar-refractivity contribution in [2.75, 3.05) is 12.3 Å². The van der Waals surface area contributed by atoms with Crippen LogP contribution in [0.1, 0.15) is 56.6 Å². The van der Waals surface area contributed by atoms with Gasteiger partial charge in [0.25, 0.3) is 0 Å². The molecule has 1 N–H and O–H groups in total. The number of nitrogens with zero attached hydrogens (tertiary/aromatic N) is 1. The highest BCUT2D eigenvalue weighted by molar-refractivity contribution is 7.99. The van der Waals surface area contributed by atoms with Crippen molar-refractivity contribution >= 4 is 35.2 Å². The lowest BCUT2D eigenvalue weighted by Crippen LogP contribution is -2.52. The third kappa shape index (κ3) is 8.08. The van der Waals surface area contributed by atoms with Gasteiger partial charge in [-0.1, -0.05) is 86.3 Å². The molecule has 4 nitrogen and oxygen atoms in total. The number of carbonyl (C=O) groups is 2. The Morgan fingerprint density at radius 3 is 2.45 bits per heavy atom. The number of hydrogen-bond acceptors (Lipinski definition) is 3. The van der Waals surface area contributed by atoms with E-state index in [4.69, 9.17) is 11.6 Å². The van der Waals surface area contributed by atoms with Crippen molar-refractivity contribution < 1.29 is 9.59 Å². The highest BCUT2D eigenvalue weighted by Gasteiger charge is 2.29. The molecule has 2 amide bonds. The van der Waals surface area contributed by atoms with Crippen LogP contribution >= 0.6 is 23.4 Å². The lowest BCUT2D eigenvalue weighted by atomic mass is 9.95. The predicted molar refractivity (Wildman–Crippen MR) is 139 cm³/mol. The Hall–Kier alpha value is -1.98. The van der Waals surface area contributed by atoms with Crippen LogP contribution in [0.2, 0.25) is 5.02 Å². The third-order valence-corrected chi connectivity index (χ3v) is 7.60. The molecule has 1 fully saturated rings. The molecule has 2 aromatic carbocycles. The van der Waals surface area contributed by atoms with E-state index in [0.29, 0.717) is 24.5 Å². The summed E-state index contributed by atoms with van der Waals surface area (Å²) < 4.78 is 0. The van der Waals surface area contributed by atoms with Crippen LogP contribution in [0.4, 0.5) is 0 Å². The fourth-order valence-corrected chi connectivity index (χ4v) is 5.58. The number of amides is 2. The summed E-state index contributed by atoms with van der Waals surface area (Å²) in [6.45, 7) is 2.52. The van der Waals surface area contributed by atoms with Crippen molar-refractivity contribution in [3.8, 4) is 0 Å². The van der Waals surface area contributed by atoms with Crippen LogP contribution in [0.5, 0.6) is 0 Å². The number of carbonyl (C=O) groups excluding carboxylic acids is 2. The first-order valence-electron chi connectivity index (χ1n) is 12.0. The standard InChI is InChI=1S/C27H35ClN2O2S/c1-2-25(27(32)29-23-14-7-4-8-15-23)30(18-17-21-11-5-3-6-12-21)26(31)20-33-19-22-13-9-10-16-24(22)28/h3,5-6,9-13,16,23,25H,2,4,7-8,14-15,17-20H2,1H3,(H,29,32)/t25-/m0/s1. The summed E-state index contributed by atoms with van der Waals surface area (Å²) in [7, 11) is 0. The van der Waals surface area contributed by atoms with E-state index in [1.807, 2.05) is 49.4 Å². The molecule has 0 heterocycles. The Kier molecular flexibility index (Phi) is 10.6. The summed E-state index contributed by atoms with van der Waals surface area (Å²) >= 11 is 7.81. The molecule has 0 aliphatic heterocycles. The van der Waals surface area contributed by atoms with Crippen LogP contribution in [-0.4, -0.2) is 41.1 Å². The molecular formula is C27H35ClN2O2S. The molecule has 0 spiro atoms. The maximum atomic E-state index is 13.3. The average Bonchev–Trinajstić information content (AvgIpc) is 2.84. The number of nitrogens with one attached hydrogen (secondary N) is 1. The Morgan fingerprint density at radius 1 is 1.06 bits per heavy atom. The quantitative estimate of drug-likeness (QED) is 0.432. The molecule has 1 aliphatic carbocycles. The number of halogens is 1. The average molecular weight is 487 g/mol. The minimum Gasteiger partial charge on any atom is -0.352 e. The highest BCUT2D eigenvalue weighted by atomic mass is 35.5. The number of rotatable bonds is 11. The molecule has 0 unspecified atom stereocenters. The van der Waals surface area contributed by atoms with Gasteiger partial charge in [0.05, 0.1) is 5.75 Å². The third-order valence-electron chi connectivity index (χ3n) is 6.26. The minimum atomic E-state index is -0.441. The second-order valence-electron chi connectivity index (χ2n) is 8.67. The van der Waals surface area contributed by atoms with E-state index >= 15 is 0 Å². The monoisotopic (exact) mass is 486 g/mol. The summed E-state index contributed by atoms with van der Waals surface area (Å²) in [5, 5.41) is 3.95. The maximum absolute atomic E-state index is 13.3. The molecule has 178 valence electrons. The second kappa shape index (κ2) is 13.7. The maximum Gasteiger partial charge on any atom is 0.243 e. The Labute approximate surface area is 207 Å². The van der Waals surface area contributed by atoms with Crippen molar-refractivity contribution in [1.29, 1.82) is 0 Å². The van der Waals surface area contributed by atoms with Gasteiger partial charge in [-0.15, -0.1) is 11.8 Å². The van der Waals surface area contributed by atoms with E-state index in [1.165, 1.54) is 12.0 Å². The zero-order valence-electron chi connectivity index (χ0n) is 19.5. The van der Waals surface area contributed by atoms with Gasteiger partial charge in [-0.3, -0.25) is 9.59 Å². The van der Waals surface area contributed by atoms with Crippen LogP contribution in [0.25, 0.3) is 0 Å². The van der Waals surface area contributed by atoms with Crippen molar-refractivity contribution in [2.24, 2.45) is 0 Å². The summed E-state index contributed by atoms with van der Waals surface area (Å²) in [6.07, 6.45) is 6.98. The van der Waals surface area contributed by atoms with E-state index < -0.39 is 6.04 Å². The van der Waals surface area contributed by atoms with Crippen molar-refractivity contribution in [3.63, 3.8) is 0 Å². The Bertz CT molecular complexity index is 887. The molecular weight excluding hydrogens is 452 g/mol. The largest absolute Gasteiger partial charge is 0.352 e. The van der Waals surface area contributed by atoms with Crippen LogP contribution in [0.15, 0.2) is 54.6 Å². The van der Waals surface area contributed by atoms with E-state index in [9.17, 15) is 9.59 Å². The van der Waals surface area contributed by atoms with E-state index in [-0.39, 0.29) is 17.9 Å². The van der Waals surface area contributed by atoms with Gasteiger partial charge < -0.3 is 10.2 Å².